The van der Waals surface area contributed by atoms with E-state index in [2.05, 4.69) is 5.32 Å². The lowest BCUT2D eigenvalue weighted by Gasteiger charge is -2.22. The maximum absolute atomic E-state index is 12.6. The lowest BCUT2D eigenvalue weighted by Crippen LogP contribution is -2.37. The van der Waals surface area contributed by atoms with Crippen molar-refractivity contribution < 1.29 is 27.5 Å². The molecule has 1 aromatic carbocycles. The van der Waals surface area contributed by atoms with Crippen LogP contribution in [0.25, 0.3) is 0 Å². The second kappa shape index (κ2) is 7.54. The summed E-state index contributed by atoms with van der Waals surface area (Å²) in [5, 5.41) is 2.54. The lowest BCUT2D eigenvalue weighted by molar-refractivity contribution is -0.149. The Kier molecular flexibility index (Phi) is 6.26. The number of rotatable bonds is 6. The number of carbonyl (C=O) groups is 2. The zero-order valence-corrected chi connectivity index (χ0v) is 13.2. The van der Waals surface area contributed by atoms with E-state index in [4.69, 9.17) is 22.1 Å². The molecule has 1 rings (SSSR count). The van der Waals surface area contributed by atoms with Gasteiger partial charge in [-0.1, -0.05) is 25.4 Å². The molecule has 23 heavy (non-hydrogen) atoms. The molecule has 0 radical (unpaired) electrons. The summed E-state index contributed by atoms with van der Waals surface area (Å²) in [7, 11) is 0. The van der Waals surface area contributed by atoms with Crippen LogP contribution in [0.15, 0.2) is 18.2 Å². The van der Waals surface area contributed by atoms with Crippen LogP contribution >= 0.6 is 11.6 Å². The minimum absolute atomic E-state index is 0.148. The van der Waals surface area contributed by atoms with Crippen molar-refractivity contribution in [1.82, 2.24) is 0 Å². The Labute approximate surface area is 135 Å². The number of hydrogen-bond acceptors (Lipinski definition) is 4. The summed E-state index contributed by atoms with van der Waals surface area (Å²) in [5.41, 5.74) is 4.14. The molecule has 9 heteroatoms. The van der Waals surface area contributed by atoms with Gasteiger partial charge in [-0.2, -0.15) is 13.2 Å². The van der Waals surface area contributed by atoms with Gasteiger partial charge in [0, 0.05) is 0 Å². The SMILES string of the molecule is CC(C)[C@H](Nc1ccc(C(F)(F)F)cc1Cl)C(=O)OCC(N)=O. The highest BCUT2D eigenvalue weighted by molar-refractivity contribution is 6.33. The van der Waals surface area contributed by atoms with Crippen LogP contribution in [0.4, 0.5) is 18.9 Å². The molecular weight excluding hydrogens is 337 g/mol. The van der Waals surface area contributed by atoms with E-state index >= 15 is 0 Å². The number of hydrogen-bond donors (Lipinski definition) is 2. The molecule has 0 aliphatic carbocycles. The van der Waals surface area contributed by atoms with E-state index in [1.54, 1.807) is 13.8 Å². The Morgan fingerprint density at radius 1 is 1.35 bits per heavy atom. The molecule has 0 bridgehead atoms. The number of ether oxygens (including phenoxy) is 1. The predicted octanol–water partition coefficient (Wildman–Crippen LogP) is 2.82. The summed E-state index contributed by atoms with van der Waals surface area (Å²) < 4.78 is 42.5. The van der Waals surface area contributed by atoms with E-state index in [0.717, 1.165) is 18.2 Å². The topological polar surface area (TPSA) is 81.4 Å². The second-order valence-corrected chi connectivity index (χ2v) is 5.54. The first-order valence-corrected chi connectivity index (χ1v) is 6.98. The summed E-state index contributed by atoms with van der Waals surface area (Å²) in [6.07, 6.45) is -4.51. The van der Waals surface area contributed by atoms with Gasteiger partial charge in [-0.05, 0) is 24.1 Å². The van der Waals surface area contributed by atoms with Gasteiger partial charge in [0.1, 0.15) is 6.04 Å². The molecule has 1 atom stereocenters. The molecule has 0 aliphatic rings. The standard InChI is InChI=1S/C14H16ClF3N2O3/c1-7(2)12(13(22)23-6-11(19)21)20-10-4-3-8(5-9(10)15)14(16,17)18/h3-5,7,12,20H,6H2,1-2H3,(H2,19,21)/t12-/m0/s1. The Morgan fingerprint density at radius 3 is 2.39 bits per heavy atom. The third kappa shape index (κ3) is 5.63. The van der Waals surface area contributed by atoms with Gasteiger partial charge in [-0.15, -0.1) is 0 Å². The molecule has 0 aromatic heterocycles. The van der Waals surface area contributed by atoms with E-state index in [0.29, 0.717) is 0 Å². The Morgan fingerprint density at radius 2 is 1.96 bits per heavy atom. The van der Waals surface area contributed by atoms with Crippen molar-refractivity contribution >= 4 is 29.2 Å². The molecule has 0 unspecified atom stereocenters. The average Bonchev–Trinajstić information content (AvgIpc) is 2.41. The minimum atomic E-state index is -4.51. The molecule has 1 aromatic rings. The maximum atomic E-state index is 12.6. The molecule has 0 saturated heterocycles. The van der Waals surface area contributed by atoms with Crippen molar-refractivity contribution in [2.24, 2.45) is 11.7 Å². The molecule has 5 nitrogen and oxygen atoms in total. The van der Waals surface area contributed by atoms with Gasteiger partial charge in [0.15, 0.2) is 6.61 Å². The van der Waals surface area contributed by atoms with Gasteiger partial charge in [-0.3, -0.25) is 4.79 Å². The summed E-state index contributed by atoms with van der Waals surface area (Å²) >= 11 is 5.83. The predicted molar refractivity (Wildman–Crippen MR) is 78.9 cm³/mol. The number of esters is 1. The summed E-state index contributed by atoms with van der Waals surface area (Å²) in [5.74, 6) is -1.84. The van der Waals surface area contributed by atoms with Crippen LogP contribution in [0.2, 0.25) is 5.02 Å². The molecule has 0 aliphatic heterocycles. The molecule has 0 spiro atoms. The van der Waals surface area contributed by atoms with Crippen molar-refractivity contribution in [1.29, 1.82) is 0 Å². The van der Waals surface area contributed by atoms with E-state index < -0.39 is 36.3 Å². The monoisotopic (exact) mass is 352 g/mol. The largest absolute Gasteiger partial charge is 0.454 e. The third-order valence-electron chi connectivity index (χ3n) is 2.88. The van der Waals surface area contributed by atoms with E-state index in [9.17, 15) is 22.8 Å². The maximum Gasteiger partial charge on any atom is 0.416 e. The highest BCUT2D eigenvalue weighted by Crippen LogP contribution is 2.34. The fourth-order valence-corrected chi connectivity index (χ4v) is 1.94. The summed E-state index contributed by atoms with van der Waals surface area (Å²) in [6, 6.07) is 1.83. The van der Waals surface area contributed by atoms with Crippen LogP contribution in [0.5, 0.6) is 0 Å². The number of primary amides is 1. The average molecular weight is 353 g/mol. The zero-order valence-electron chi connectivity index (χ0n) is 12.4. The van der Waals surface area contributed by atoms with Crippen LogP contribution in [-0.4, -0.2) is 24.5 Å². The van der Waals surface area contributed by atoms with Gasteiger partial charge in [0.25, 0.3) is 5.91 Å². The van der Waals surface area contributed by atoms with Gasteiger partial charge >= 0.3 is 12.1 Å². The number of nitrogens with one attached hydrogen (secondary N) is 1. The number of anilines is 1. The third-order valence-corrected chi connectivity index (χ3v) is 3.20. The van der Waals surface area contributed by atoms with Crippen LogP contribution in [-0.2, 0) is 20.5 Å². The molecule has 0 heterocycles. The number of halogens is 4. The van der Waals surface area contributed by atoms with Gasteiger partial charge < -0.3 is 15.8 Å². The van der Waals surface area contributed by atoms with Crippen molar-refractivity contribution in [3.05, 3.63) is 28.8 Å². The number of carbonyl (C=O) groups excluding carboxylic acids is 2. The van der Waals surface area contributed by atoms with Crippen molar-refractivity contribution in [3.8, 4) is 0 Å². The van der Waals surface area contributed by atoms with Gasteiger partial charge in [0.05, 0.1) is 16.3 Å². The first kappa shape index (κ1) is 19.1. The molecule has 0 fully saturated rings. The first-order valence-electron chi connectivity index (χ1n) is 6.60. The first-order chi connectivity index (χ1) is 10.5. The van der Waals surface area contributed by atoms with Crippen LogP contribution in [0.1, 0.15) is 19.4 Å². The highest BCUT2D eigenvalue weighted by atomic mass is 35.5. The minimum Gasteiger partial charge on any atom is -0.454 e. The Bertz CT molecular complexity index is 591. The lowest BCUT2D eigenvalue weighted by atomic mass is 10.0. The zero-order chi connectivity index (χ0) is 17.8. The molecule has 0 saturated carbocycles. The molecule has 3 N–H and O–H groups in total. The van der Waals surface area contributed by atoms with Crippen molar-refractivity contribution in [2.75, 3.05) is 11.9 Å². The van der Waals surface area contributed by atoms with E-state index in [1.807, 2.05) is 0 Å². The van der Waals surface area contributed by atoms with Gasteiger partial charge in [-0.25, -0.2) is 4.79 Å². The number of benzene rings is 1. The molecule has 128 valence electrons. The smallest absolute Gasteiger partial charge is 0.416 e. The van der Waals surface area contributed by atoms with E-state index in [1.165, 1.54) is 0 Å². The Balaban J connectivity index is 2.93. The van der Waals surface area contributed by atoms with Crippen molar-refractivity contribution in [2.45, 2.75) is 26.1 Å². The van der Waals surface area contributed by atoms with Crippen LogP contribution in [0.3, 0.4) is 0 Å². The number of amides is 1. The fraction of sp³-hybridized carbons (Fsp3) is 0.429. The van der Waals surface area contributed by atoms with E-state index in [-0.39, 0.29) is 16.6 Å². The number of nitrogens with two attached hydrogens (primary N) is 1. The normalized spacial score (nSPS) is 12.8. The Hall–Kier alpha value is -1.96. The van der Waals surface area contributed by atoms with Crippen molar-refractivity contribution in [3.63, 3.8) is 0 Å². The second-order valence-electron chi connectivity index (χ2n) is 5.13. The van der Waals surface area contributed by atoms with Gasteiger partial charge in [0.2, 0.25) is 0 Å². The summed E-state index contributed by atoms with van der Waals surface area (Å²) in [6.45, 7) is 2.81. The fourth-order valence-electron chi connectivity index (χ4n) is 1.71. The molecule has 1 amide bonds. The summed E-state index contributed by atoms with van der Waals surface area (Å²) in [4.78, 5) is 22.6. The quantitative estimate of drug-likeness (QED) is 0.771. The van der Waals surface area contributed by atoms with Crippen LogP contribution in [0, 0.1) is 5.92 Å². The highest BCUT2D eigenvalue weighted by Gasteiger charge is 2.31. The van der Waals surface area contributed by atoms with Crippen LogP contribution < -0.4 is 11.1 Å². The number of alkyl halides is 3. The molecular formula is C14H16ClF3N2O3.